The first kappa shape index (κ1) is 33.3. The van der Waals surface area contributed by atoms with E-state index in [2.05, 4.69) is 9.72 Å². The summed E-state index contributed by atoms with van der Waals surface area (Å²) in [6.45, 7) is -0.414. The molecule has 2 aromatic carbocycles. The minimum absolute atomic E-state index is 0.0244. The summed E-state index contributed by atoms with van der Waals surface area (Å²) in [6.07, 6.45) is -3.88. The quantitative estimate of drug-likeness (QED) is 0.181. The zero-order valence-electron chi connectivity index (χ0n) is 25.7. The van der Waals surface area contributed by atoms with E-state index in [1.807, 2.05) is 9.47 Å². The number of halogens is 6. The van der Waals surface area contributed by atoms with Gasteiger partial charge in [-0.3, -0.25) is 4.90 Å². The molecule has 2 aliphatic heterocycles. The summed E-state index contributed by atoms with van der Waals surface area (Å²) < 4.78 is 104. The standard InChI is InChI=1S/C32H30F6N4O6/c1-16-27-17(9-22(32(36,37)38)29(40-27)47-15-18-3-4-20(12-23(18)33)48-31(34)35)5-7-41(16)14-26-39-28-24(42(26)13-21-6-8-46-21)10-19(30(43)44)11-25(28)45-2/h3-4,9-12,16,21,31H,5-8,13-15H2,1-2H3,(H,43,44)/t16-,21-/m0/s1. The number of carboxylic acid groups (broad SMARTS) is 1. The minimum atomic E-state index is -4.83. The number of imidazole rings is 1. The molecule has 0 bridgehead atoms. The zero-order valence-corrected chi connectivity index (χ0v) is 25.7. The highest BCUT2D eigenvalue weighted by molar-refractivity contribution is 5.95. The molecule has 10 nitrogen and oxygen atoms in total. The van der Waals surface area contributed by atoms with Crippen molar-refractivity contribution in [1.29, 1.82) is 0 Å². The third-order valence-corrected chi connectivity index (χ3v) is 8.52. The number of carboxylic acids is 1. The van der Waals surface area contributed by atoms with Gasteiger partial charge in [0.05, 0.1) is 49.1 Å². The van der Waals surface area contributed by atoms with Crippen LogP contribution in [0.3, 0.4) is 0 Å². The monoisotopic (exact) mass is 680 g/mol. The van der Waals surface area contributed by atoms with Gasteiger partial charge in [-0.05, 0) is 55.7 Å². The van der Waals surface area contributed by atoms with Crippen LogP contribution < -0.4 is 14.2 Å². The van der Waals surface area contributed by atoms with Crippen LogP contribution in [-0.2, 0) is 37.0 Å². The summed E-state index contributed by atoms with van der Waals surface area (Å²) in [5, 5.41) is 9.68. The van der Waals surface area contributed by atoms with Crippen molar-refractivity contribution in [2.45, 2.75) is 64.4 Å². The van der Waals surface area contributed by atoms with E-state index in [0.29, 0.717) is 53.9 Å². The molecular weight excluding hydrogens is 650 g/mol. The Balaban J connectivity index is 1.30. The normalized spacial score (nSPS) is 18.1. The maximum absolute atomic E-state index is 14.5. The predicted molar refractivity (Wildman–Crippen MR) is 157 cm³/mol. The van der Waals surface area contributed by atoms with Crippen LogP contribution in [0.4, 0.5) is 26.3 Å². The van der Waals surface area contributed by atoms with Crippen molar-refractivity contribution in [1.82, 2.24) is 19.4 Å². The van der Waals surface area contributed by atoms with Gasteiger partial charge in [0.15, 0.2) is 0 Å². The maximum Gasteiger partial charge on any atom is 0.421 e. The predicted octanol–water partition coefficient (Wildman–Crippen LogP) is 6.38. The Kier molecular flexibility index (Phi) is 9.13. The van der Waals surface area contributed by atoms with Gasteiger partial charge in [0.2, 0.25) is 5.88 Å². The molecule has 1 saturated heterocycles. The van der Waals surface area contributed by atoms with Crippen LogP contribution in [0.15, 0.2) is 36.4 Å². The Labute approximate surface area is 269 Å². The number of carbonyl (C=O) groups is 1. The number of methoxy groups -OCH3 is 1. The van der Waals surface area contributed by atoms with Crippen LogP contribution in [-0.4, -0.2) is 63.5 Å². The van der Waals surface area contributed by atoms with Crippen LogP contribution in [0.5, 0.6) is 17.4 Å². The molecule has 2 aliphatic rings. The summed E-state index contributed by atoms with van der Waals surface area (Å²) in [5.74, 6) is -2.46. The fraction of sp³-hybridized carbons (Fsp3) is 0.406. The number of hydrogen-bond acceptors (Lipinski definition) is 8. The number of ether oxygens (including phenoxy) is 4. The average Bonchev–Trinajstić information content (AvgIpc) is 3.35. The van der Waals surface area contributed by atoms with Crippen LogP contribution >= 0.6 is 0 Å². The van der Waals surface area contributed by atoms with Crippen molar-refractivity contribution < 1.29 is 55.2 Å². The Bertz CT molecular complexity index is 1840. The van der Waals surface area contributed by atoms with E-state index in [4.69, 9.17) is 19.2 Å². The van der Waals surface area contributed by atoms with Crippen molar-refractivity contribution in [3.05, 3.63) is 76.0 Å². The van der Waals surface area contributed by atoms with Crippen LogP contribution in [0.1, 0.15) is 58.0 Å². The van der Waals surface area contributed by atoms with Gasteiger partial charge in [0.25, 0.3) is 0 Å². The highest BCUT2D eigenvalue weighted by Gasteiger charge is 2.39. The van der Waals surface area contributed by atoms with Gasteiger partial charge >= 0.3 is 18.8 Å². The third-order valence-electron chi connectivity index (χ3n) is 8.52. The van der Waals surface area contributed by atoms with E-state index >= 15 is 0 Å². The Morgan fingerprint density at radius 2 is 1.94 bits per heavy atom. The van der Waals surface area contributed by atoms with Crippen molar-refractivity contribution in [3.8, 4) is 17.4 Å². The topological polar surface area (TPSA) is 108 Å². The molecule has 2 atom stereocenters. The number of aromatic nitrogens is 3. The molecule has 16 heteroatoms. The smallest absolute Gasteiger partial charge is 0.421 e. The first-order chi connectivity index (χ1) is 22.8. The molecule has 6 rings (SSSR count). The Hall–Kier alpha value is -4.57. The molecule has 0 saturated carbocycles. The molecule has 4 heterocycles. The molecule has 48 heavy (non-hydrogen) atoms. The van der Waals surface area contributed by atoms with Crippen molar-refractivity contribution >= 4 is 17.0 Å². The zero-order chi connectivity index (χ0) is 34.3. The van der Waals surface area contributed by atoms with E-state index in [0.717, 1.165) is 24.6 Å². The molecule has 256 valence electrons. The molecule has 0 radical (unpaired) electrons. The number of alkyl halides is 5. The second-order valence-electron chi connectivity index (χ2n) is 11.5. The lowest BCUT2D eigenvalue weighted by Crippen LogP contribution is -2.36. The highest BCUT2D eigenvalue weighted by Crippen LogP contribution is 2.40. The van der Waals surface area contributed by atoms with Crippen LogP contribution in [0.25, 0.3) is 11.0 Å². The van der Waals surface area contributed by atoms with Gasteiger partial charge in [-0.1, -0.05) is 0 Å². The number of aromatic carboxylic acids is 1. The molecule has 0 amide bonds. The van der Waals surface area contributed by atoms with Crippen molar-refractivity contribution in [2.24, 2.45) is 0 Å². The van der Waals surface area contributed by atoms with E-state index in [1.54, 1.807) is 6.92 Å². The van der Waals surface area contributed by atoms with Gasteiger partial charge in [-0.25, -0.2) is 19.2 Å². The molecule has 4 aromatic rings. The first-order valence-electron chi connectivity index (χ1n) is 15.0. The van der Waals surface area contributed by atoms with Gasteiger partial charge in [0, 0.05) is 24.8 Å². The van der Waals surface area contributed by atoms with E-state index in [1.165, 1.54) is 19.2 Å². The summed E-state index contributed by atoms with van der Waals surface area (Å²) in [5.41, 5.74) is 0.441. The van der Waals surface area contributed by atoms with E-state index in [-0.39, 0.29) is 35.9 Å². The summed E-state index contributed by atoms with van der Waals surface area (Å²) >= 11 is 0. The lowest BCUT2D eigenvalue weighted by atomic mass is 9.97. The highest BCUT2D eigenvalue weighted by atomic mass is 19.4. The SMILES string of the molecule is COc1cc(C(=O)O)cc2c1nc(CN1CCc3cc(C(F)(F)F)c(OCc4ccc(OC(F)F)cc4F)nc3[C@@H]1C)n2C[C@@H]1CCO1. The van der Waals surface area contributed by atoms with Gasteiger partial charge in [-0.15, -0.1) is 0 Å². The number of rotatable bonds is 11. The van der Waals surface area contributed by atoms with E-state index < -0.39 is 54.4 Å². The summed E-state index contributed by atoms with van der Waals surface area (Å²) in [7, 11) is 1.42. The fourth-order valence-electron chi connectivity index (χ4n) is 5.90. The van der Waals surface area contributed by atoms with Gasteiger partial charge < -0.3 is 28.6 Å². The largest absolute Gasteiger partial charge is 0.494 e. The second-order valence-corrected chi connectivity index (χ2v) is 11.5. The summed E-state index contributed by atoms with van der Waals surface area (Å²) in [6, 6.07) is 6.23. The van der Waals surface area contributed by atoms with Gasteiger partial charge in [-0.2, -0.15) is 22.0 Å². The minimum Gasteiger partial charge on any atom is -0.494 e. The number of fused-ring (bicyclic) bond motifs is 2. The fourth-order valence-corrected chi connectivity index (χ4v) is 5.90. The number of hydrogen-bond donors (Lipinski definition) is 1. The van der Waals surface area contributed by atoms with Crippen molar-refractivity contribution in [3.63, 3.8) is 0 Å². The molecule has 1 fully saturated rings. The maximum atomic E-state index is 14.5. The Morgan fingerprint density at radius 3 is 2.56 bits per heavy atom. The lowest BCUT2D eigenvalue weighted by molar-refractivity contribution is -0.139. The molecule has 0 aliphatic carbocycles. The number of nitrogens with zero attached hydrogens (tertiary/aromatic N) is 4. The lowest BCUT2D eigenvalue weighted by Gasteiger charge is -2.35. The molecule has 1 N–H and O–H groups in total. The summed E-state index contributed by atoms with van der Waals surface area (Å²) in [4.78, 5) is 22.9. The molecule has 2 aromatic heterocycles. The molecule has 0 unspecified atom stereocenters. The van der Waals surface area contributed by atoms with E-state index in [9.17, 15) is 36.2 Å². The van der Waals surface area contributed by atoms with Gasteiger partial charge in [0.1, 0.15) is 40.8 Å². The van der Waals surface area contributed by atoms with Crippen LogP contribution in [0, 0.1) is 5.82 Å². The first-order valence-corrected chi connectivity index (χ1v) is 15.0. The van der Waals surface area contributed by atoms with Crippen LogP contribution in [0.2, 0.25) is 0 Å². The third kappa shape index (κ3) is 6.71. The Morgan fingerprint density at radius 1 is 1.17 bits per heavy atom. The van der Waals surface area contributed by atoms with Crippen molar-refractivity contribution in [2.75, 3.05) is 20.3 Å². The molecule has 0 spiro atoms. The molecular formula is C32H30F6N4O6. The number of pyridine rings is 1. The average molecular weight is 681 g/mol. The second kappa shape index (κ2) is 13.1. The number of benzene rings is 2.